The minimum atomic E-state index is -0.0152. The van der Waals surface area contributed by atoms with Crippen LogP contribution in [0.2, 0.25) is 0 Å². The summed E-state index contributed by atoms with van der Waals surface area (Å²) >= 11 is 0. The van der Waals surface area contributed by atoms with Gasteiger partial charge in [-0.2, -0.15) is 0 Å². The Hall–Kier alpha value is -1.45. The molecular weight excluding hydrogens is 286 g/mol. The second-order valence-corrected chi connectivity index (χ2v) is 5.94. The van der Waals surface area contributed by atoms with Crippen LogP contribution in [0.4, 0.5) is 0 Å². The van der Waals surface area contributed by atoms with Crippen molar-refractivity contribution in [1.29, 1.82) is 0 Å². The molecule has 4 heteroatoms. The number of hydrogen-bond acceptors (Lipinski definition) is 3. The zero-order chi connectivity index (χ0) is 13.7. The van der Waals surface area contributed by atoms with Gasteiger partial charge in [0.15, 0.2) is 11.5 Å². The molecule has 0 aromatic heterocycles. The summed E-state index contributed by atoms with van der Waals surface area (Å²) in [5.41, 5.74) is 2.69. The minimum absolute atomic E-state index is 0. The van der Waals surface area contributed by atoms with Gasteiger partial charge in [-0.3, -0.25) is 0 Å². The molecule has 2 aliphatic heterocycles. The smallest absolute Gasteiger partial charge is 0.166 e. The molecule has 3 nitrogen and oxygen atoms in total. The predicted octanol–water partition coefficient (Wildman–Crippen LogP) is 3.08. The van der Waals surface area contributed by atoms with Gasteiger partial charge in [0.2, 0.25) is 0 Å². The van der Waals surface area contributed by atoms with Crippen LogP contribution < -0.4 is 9.47 Å². The second kappa shape index (κ2) is 5.08. The molecule has 0 radical (unpaired) electrons. The first-order valence-electron chi connectivity index (χ1n) is 7.16. The third-order valence-corrected chi connectivity index (χ3v) is 4.78. The van der Waals surface area contributed by atoms with E-state index < -0.39 is 0 Å². The highest BCUT2D eigenvalue weighted by Crippen LogP contribution is 2.54. The highest BCUT2D eigenvalue weighted by Gasteiger charge is 2.50. The van der Waals surface area contributed by atoms with Crippen LogP contribution in [0.5, 0.6) is 11.5 Å². The normalized spacial score (nSPS) is 29.0. The fourth-order valence-electron chi connectivity index (χ4n) is 3.78. The molecule has 0 unspecified atom stereocenters. The standard InChI is InChI=1S/C17H19NO2.ClH/c1-18-10-9-17-8-4-3-5-14(17)20-16-13(19-2)7-6-12(11-18)15(16)17;/h3-8,14H,9-11H2,1-2H3;1H/t14-,17-;/m0./s1. The van der Waals surface area contributed by atoms with Crippen LogP contribution in [0.3, 0.4) is 0 Å². The lowest BCUT2D eigenvalue weighted by Crippen LogP contribution is -2.37. The molecule has 4 rings (SSSR count). The molecule has 1 aromatic rings. The summed E-state index contributed by atoms with van der Waals surface area (Å²) < 4.78 is 11.8. The molecule has 0 amide bonds. The molecule has 112 valence electrons. The van der Waals surface area contributed by atoms with Gasteiger partial charge in [-0.15, -0.1) is 12.4 Å². The van der Waals surface area contributed by atoms with Crippen LogP contribution in [0, 0.1) is 0 Å². The highest BCUT2D eigenvalue weighted by molar-refractivity contribution is 5.85. The van der Waals surface area contributed by atoms with Crippen LogP contribution in [0.25, 0.3) is 0 Å². The van der Waals surface area contributed by atoms with Crippen molar-refractivity contribution in [3.8, 4) is 11.5 Å². The first kappa shape index (κ1) is 14.5. The Morgan fingerprint density at radius 1 is 1.33 bits per heavy atom. The molecule has 0 bridgehead atoms. The SMILES string of the molecule is COc1ccc2c3c1O[C@H]1C=CC=C[C@@]31CCN(C)C2.Cl. The topological polar surface area (TPSA) is 21.7 Å². The molecule has 0 fully saturated rings. The van der Waals surface area contributed by atoms with Gasteiger partial charge >= 0.3 is 0 Å². The van der Waals surface area contributed by atoms with Crippen LogP contribution in [0.1, 0.15) is 17.5 Å². The van der Waals surface area contributed by atoms with Gasteiger partial charge < -0.3 is 14.4 Å². The Morgan fingerprint density at radius 2 is 2.19 bits per heavy atom. The molecule has 1 spiro atoms. The van der Waals surface area contributed by atoms with Crippen LogP contribution >= 0.6 is 12.4 Å². The van der Waals surface area contributed by atoms with E-state index in [4.69, 9.17) is 9.47 Å². The van der Waals surface area contributed by atoms with Crippen molar-refractivity contribution in [2.45, 2.75) is 24.5 Å². The van der Waals surface area contributed by atoms with Crippen molar-refractivity contribution in [1.82, 2.24) is 4.90 Å². The highest BCUT2D eigenvalue weighted by atomic mass is 35.5. The van der Waals surface area contributed by atoms with Crippen molar-refractivity contribution < 1.29 is 9.47 Å². The van der Waals surface area contributed by atoms with Gasteiger partial charge in [-0.1, -0.05) is 24.3 Å². The Kier molecular flexibility index (Phi) is 3.50. The van der Waals surface area contributed by atoms with Gasteiger partial charge in [0.05, 0.1) is 12.5 Å². The first-order chi connectivity index (χ1) is 9.74. The lowest BCUT2D eigenvalue weighted by Gasteiger charge is -2.31. The average molecular weight is 306 g/mol. The molecule has 0 saturated heterocycles. The van der Waals surface area contributed by atoms with E-state index in [-0.39, 0.29) is 23.9 Å². The molecule has 0 N–H and O–H groups in total. The summed E-state index contributed by atoms with van der Waals surface area (Å²) in [7, 11) is 3.90. The van der Waals surface area contributed by atoms with Crippen LogP contribution in [0.15, 0.2) is 36.4 Å². The number of methoxy groups -OCH3 is 1. The number of benzene rings is 1. The molecule has 2 heterocycles. The monoisotopic (exact) mass is 305 g/mol. The van der Waals surface area contributed by atoms with Crippen molar-refractivity contribution in [2.24, 2.45) is 0 Å². The predicted molar refractivity (Wildman–Crippen MR) is 85.6 cm³/mol. The Morgan fingerprint density at radius 3 is 3.00 bits per heavy atom. The molecule has 3 aliphatic rings. The number of ether oxygens (including phenoxy) is 2. The summed E-state index contributed by atoms with van der Waals surface area (Å²) in [5.74, 6) is 1.80. The van der Waals surface area contributed by atoms with E-state index in [9.17, 15) is 0 Å². The number of halogens is 1. The summed E-state index contributed by atoms with van der Waals surface area (Å²) in [6.45, 7) is 2.05. The van der Waals surface area contributed by atoms with E-state index in [2.05, 4.69) is 42.3 Å². The maximum atomic E-state index is 6.26. The van der Waals surface area contributed by atoms with Crippen LogP contribution in [-0.2, 0) is 12.0 Å². The third kappa shape index (κ3) is 1.91. The largest absolute Gasteiger partial charge is 0.493 e. The van der Waals surface area contributed by atoms with Crippen LogP contribution in [-0.4, -0.2) is 31.7 Å². The van der Waals surface area contributed by atoms with E-state index in [1.54, 1.807) is 7.11 Å². The van der Waals surface area contributed by atoms with E-state index >= 15 is 0 Å². The fraction of sp³-hybridized carbons (Fsp3) is 0.412. The average Bonchev–Trinajstić information content (AvgIpc) is 2.74. The van der Waals surface area contributed by atoms with Gasteiger partial charge in [-0.25, -0.2) is 0 Å². The van der Waals surface area contributed by atoms with Crippen molar-refractivity contribution in [3.63, 3.8) is 0 Å². The van der Waals surface area contributed by atoms with E-state index in [1.165, 1.54) is 11.1 Å². The second-order valence-electron chi connectivity index (χ2n) is 5.94. The summed E-state index contributed by atoms with van der Waals surface area (Å²) in [4.78, 5) is 2.39. The van der Waals surface area contributed by atoms with Crippen molar-refractivity contribution in [3.05, 3.63) is 47.6 Å². The summed E-state index contributed by atoms with van der Waals surface area (Å²) in [5, 5.41) is 0. The summed E-state index contributed by atoms with van der Waals surface area (Å²) in [6.07, 6.45) is 9.93. The van der Waals surface area contributed by atoms with E-state index in [1.807, 2.05) is 6.07 Å². The Bertz CT molecular complexity index is 625. The molecule has 1 aromatic carbocycles. The lowest BCUT2D eigenvalue weighted by molar-refractivity contribution is 0.193. The van der Waals surface area contributed by atoms with Crippen molar-refractivity contribution in [2.75, 3.05) is 20.7 Å². The molecule has 1 aliphatic carbocycles. The zero-order valence-electron chi connectivity index (χ0n) is 12.3. The molecule has 21 heavy (non-hydrogen) atoms. The number of nitrogens with zero attached hydrogens (tertiary/aromatic N) is 1. The minimum Gasteiger partial charge on any atom is -0.493 e. The Labute approximate surface area is 131 Å². The van der Waals surface area contributed by atoms with Gasteiger partial charge in [0, 0.05) is 12.1 Å². The zero-order valence-corrected chi connectivity index (χ0v) is 13.2. The maximum absolute atomic E-state index is 6.26. The summed E-state index contributed by atoms with van der Waals surface area (Å²) in [6, 6.07) is 4.23. The van der Waals surface area contributed by atoms with E-state index in [0.29, 0.717) is 0 Å². The van der Waals surface area contributed by atoms with Crippen molar-refractivity contribution >= 4 is 12.4 Å². The van der Waals surface area contributed by atoms with E-state index in [0.717, 1.165) is 31.0 Å². The third-order valence-electron chi connectivity index (χ3n) is 4.78. The fourth-order valence-corrected chi connectivity index (χ4v) is 3.78. The van der Waals surface area contributed by atoms with Gasteiger partial charge in [0.25, 0.3) is 0 Å². The van der Waals surface area contributed by atoms with Gasteiger partial charge in [0.1, 0.15) is 6.10 Å². The lowest BCUT2D eigenvalue weighted by atomic mass is 9.71. The number of rotatable bonds is 1. The Balaban J connectivity index is 0.00000132. The number of hydrogen-bond donors (Lipinski definition) is 0. The maximum Gasteiger partial charge on any atom is 0.166 e. The molecular formula is C17H20ClNO2. The molecule has 0 saturated carbocycles. The molecule has 2 atom stereocenters. The quantitative estimate of drug-likeness (QED) is 0.796. The first-order valence-corrected chi connectivity index (χ1v) is 7.16. The van der Waals surface area contributed by atoms with Gasteiger partial charge in [-0.05, 0) is 37.7 Å². The number of allylic oxidation sites excluding steroid dienone is 2.